The summed E-state index contributed by atoms with van der Waals surface area (Å²) in [5.74, 6) is -1.85. The summed E-state index contributed by atoms with van der Waals surface area (Å²) in [6.45, 7) is 6.71. The minimum absolute atomic E-state index is 0.245. The van der Waals surface area contributed by atoms with Crippen molar-refractivity contribution in [2.75, 3.05) is 20.2 Å². The molecule has 156 valence electrons. The van der Waals surface area contributed by atoms with E-state index < -0.39 is 56.6 Å². The number of esters is 1. The zero-order valence-corrected chi connectivity index (χ0v) is 16.6. The third-order valence-electron chi connectivity index (χ3n) is 3.38. The number of amides is 1. The van der Waals surface area contributed by atoms with Crippen LogP contribution in [0.5, 0.6) is 0 Å². The fraction of sp³-hybridized carbons (Fsp3) is 0.733. The molecule has 0 saturated carbocycles. The van der Waals surface area contributed by atoms with Gasteiger partial charge in [0.15, 0.2) is 0 Å². The first-order valence-electron chi connectivity index (χ1n) is 7.72. The first-order chi connectivity index (χ1) is 11.9. The highest BCUT2D eigenvalue weighted by atomic mass is 32.2. The Labute approximate surface area is 155 Å². The number of carbonyl (C=O) groups excluding carboxylic acids is 2. The molecule has 0 N–H and O–H groups in total. The molecule has 0 spiro atoms. The first-order valence-corrected chi connectivity index (χ1v) is 9.13. The molecule has 1 aliphatic rings. The van der Waals surface area contributed by atoms with Crippen LogP contribution in [0, 0.1) is 5.41 Å². The van der Waals surface area contributed by atoms with Gasteiger partial charge < -0.3 is 18.6 Å². The molecule has 0 aromatic heterocycles. The second kappa shape index (κ2) is 7.21. The van der Waals surface area contributed by atoms with Crippen LogP contribution in [0.25, 0.3) is 0 Å². The third-order valence-corrected chi connectivity index (χ3v) is 4.34. The van der Waals surface area contributed by atoms with Crippen LogP contribution in [-0.2, 0) is 28.6 Å². The van der Waals surface area contributed by atoms with E-state index in [1.807, 2.05) is 0 Å². The molecule has 0 aromatic carbocycles. The van der Waals surface area contributed by atoms with Gasteiger partial charge >= 0.3 is 27.7 Å². The number of ether oxygens (including phenoxy) is 2. The van der Waals surface area contributed by atoms with Crippen molar-refractivity contribution in [2.24, 2.45) is 5.41 Å². The minimum atomic E-state index is -6.01. The quantitative estimate of drug-likeness (QED) is 0.395. The van der Waals surface area contributed by atoms with Crippen molar-refractivity contribution >= 4 is 22.2 Å². The lowest BCUT2D eigenvalue weighted by molar-refractivity contribution is -0.137. The number of methoxy groups -OCH3 is 1. The maximum atomic E-state index is 12.7. The molecule has 0 radical (unpaired) electrons. The molecule has 1 aliphatic heterocycles. The van der Waals surface area contributed by atoms with Crippen molar-refractivity contribution in [3.8, 4) is 0 Å². The SMILES string of the molecule is COC(=O)C1=C(OS(=O)(=O)C(F)(F)F)C(C)(C)CN(C(=O)OC(C)(C)C)C1. The Morgan fingerprint density at radius 2 is 1.67 bits per heavy atom. The highest BCUT2D eigenvalue weighted by Gasteiger charge is 2.52. The van der Waals surface area contributed by atoms with Crippen LogP contribution < -0.4 is 0 Å². The number of alkyl halides is 3. The largest absolute Gasteiger partial charge is 0.534 e. The van der Waals surface area contributed by atoms with Crippen LogP contribution in [0.4, 0.5) is 18.0 Å². The van der Waals surface area contributed by atoms with Gasteiger partial charge in [0.2, 0.25) is 0 Å². The zero-order chi connectivity index (χ0) is 21.4. The van der Waals surface area contributed by atoms with Crippen molar-refractivity contribution < 1.29 is 44.8 Å². The highest BCUT2D eigenvalue weighted by Crippen LogP contribution is 2.39. The predicted octanol–water partition coefficient (Wildman–Crippen LogP) is 2.56. The number of hydrogen-bond donors (Lipinski definition) is 0. The Bertz CT molecular complexity index is 748. The molecule has 0 fully saturated rings. The van der Waals surface area contributed by atoms with Gasteiger partial charge in [0.1, 0.15) is 11.4 Å². The fourth-order valence-corrected chi connectivity index (χ4v) is 2.97. The highest BCUT2D eigenvalue weighted by molar-refractivity contribution is 7.87. The Hall–Kier alpha value is -1.98. The van der Waals surface area contributed by atoms with Gasteiger partial charge in [-0.3, -0.25) is 0 Å². The maximum Gasteiger partial charge on any atom is 0.534 e. The predicted molar refractivity (Wildman–Crippen MR) is 86.7 cm³/mol. The molecule has 12 heteroatoms. The van der Waals surface area contributed by atoms with Crippen molar-refractivity contribution in [1.82, 2.24) is 4.90 Å². The first kappa shape index (κ1) is 23.1. The Balaban J connectivity index is 3.40. The smallest absolute Gasteiger partial charge is 0.466 e. The van der Waals surface area contributed by atoms with Crippen LogP contribution in [0.1, 0.15) is 34.6 Å². The van der Waals surface area contributed by atoms with Crippen LogP contribution in [0.3, 0.4) is 0 Å². The van der Waals surface area contributed by atoms with E-state index in [9.17, 15) is 31.2 Å². The molecule has 0 aromatic rings. The summed E-state index contributed by atoms with van der Waals surface area (Å²) in [4.78, 5) is 25.4. The topological polar surface area (TPSA) is 99.2 Å². The third kappa shape index (κ3) is 5.50. The van der Waals surface area contributed by atoms with Gasteiger partial charge in [-0.25, -0.2) is 9.59 Å². The normalized spacial score (nSPS) is 18.2. The molecule has 0 bridgehead atoms. The Morgan fingerprint density at radius 3 is 2.07 bits per heavy atom. The number of nitrogens with zero attached hydrogens (tertiary/aromatic N) is 1. The monoisotopic (exact) mass is 417 g/mol. The lowest BCUT2D eigenvalue weighted by Crippen LogP contribution is -2.49. The molecule has 0 aliphatic carbocycles. The number of rotatable bonds is 3. The second-order valence-corrected chi connectivity index (χ2v) is 9.04. The van der Waals surface area contributed by atoms with E-state index in [0.29, 0.717) is 0 Å². The van der Waals surface area contributed by atoms with E-state index >= 15 is 0 Å². The Kier molecular flexibility index (Phi) is 6.16. The Morgan fingerprint density at radius 1 is 1.15 bits per heavy atom. The van der Waals surface area contributed by atoms with E-state index in [0.717, 1.165) is 12.0 Å². The summed E-state index contributed by atoms with van der Waals surface area (Å²) >= 11 is 0. The summed E-state index contributed by atoms with van der Waals surface area (Å²) in [5, 5.41) is 0. The molecule has 1 amide bonds. The number of hydrogen-bond acceptors (Lipinski definition) is 7. The average Bonchev–Trinajstić information content (AvgIpc) is 2.44. The lowest BCUT2D eigenvalue weighted by atomic mass is 9.84. The van der Waals surface area contributed by atoms with Gasteiger partial charge in [0.25, 0.3) is 0 Å². The van der Waals surface area contributed by atoms with Crippen molar-refractivity contribution in [1.29, 1.82) is 0 Å². The van der Waals surface area contributed by atoms with Crippen molar-refractivity contribution in [2.45, 2.75) is 45.7 Å². The number of carbonyl (C=O) groups is 2. The van der Waals surface area contributed by atoms with Gasteiger partial charge in [-0.2, -0.15) is 21.6 Å². The fourth-order valence-electron chi connectivity index (χ4n) is 2.33. The van der Waals surface area contributed by atoms with E-state index in [1.165, 1.54) is 13.8 Å². The van der Waals surface area contributed by atoms with Crippen LogP contribution in [0.15, 0.2) is 11.3 Å². The van der Waals surface area contributed by atoms with Gasteiger partial charge in [0.05, 0.1) is 19.2 Å². The van der Waals surface area contributed by atoms with Gasteiger partial charge in [-0.1, -0.05) is 13.8 Å². The molecule has 1 heterocycles. The molecule has 27 heavy (non-hydrogen) atoms. The molecular formula is C15H22F3NO7S. The standard InChI is InChI=1S/C15H22F3NO7S/c1-13(2,3)25-12(21)19-7-9(11(20)24-6)10(14(4,5)8-19)26-27(22,23)15(16,17)18/h7-8H2,1-6H3. The van der Waals surface area contributed by atoms with E-state index in [4.69, 9.17) is 4.74 Å². The molecule has 0 atom stereocenters. The zero-order valence-electron chi connectivity index (χ0n) is 15.8. The number of halogens is 3. The lowest BCUT2D eigenvalue weighted by Gasteiger charge is -2.39. The minimum Gasteiger partial charge on any atom is -0.466 e. The molecule has 8 nitrogen and oxygen atoms in total. The maximum absolute atomic E-state index is 12.7. The molecule has 1 rings (SSSR count). The van der Waals surface area contributed by atoms with Crippen molar-refractivity contribution in [3.05, 3.63) is 11.3 Å². The summed E-state index contributed by atoms with van der Waals surface area (Å²) in [6.07, 6.45) is -0.824. The summed E-state index contributed by atoms with van der Waals surface area (Å²) in [6, 6.07) is 0. The van der Waals surface area contributed by atoms with Crippen LogP contribution >= 0.6 is 0 Å². The average molecular weight is 417 g/mol. The molecular weight excluding hydrogens is 395 g/mol. The second-order valence-electron chi connectivity index (χ2n) is 7.50. The van der Waals surface area contributed by atoms with Crippen LogP contribution in [0.2, 0.25) is 0 Å². The molecule has 0 saturated heterocycles. The van der Waals surface area contributed by atoms with Crippen molar-refractivity contribution in [3.63, 3.8) is 0 Å². The summed E-state index contributed by atoms with van der Waals surface area (Å²) in [7, 11) is -5.05. The molecule has 0 unspecified atom stereocenters. The van der Waals surface area contributed by atoms with Gasteiger partial charge in [0, 0.05) is 12.0 Å². The van der Waals surface area contributed by atoms with Gasteiger partial charge in [-0.05, 0) is 20.8 Å². The van der Waals surface area contributed by atoms with Gasteiger partial charge in [-0.15, -0.1) is 0 Å². The summed E-state index contributed by atoms with van der Waals surface area (Å²) < 4.78 is 74.9. The van der Waals surface area contributed by atoms with E-state index in [1.54, 1.807) is 20.8 Å². The summed E-state index contributed by atoms with van der Waals surface area (Å²) in [5.41, 5.74) is -8.50. The van der Waals surface area contributed by atoms with Crippen LogP contribution in [-0.4, -0.2) is 56.7 Å². The van der Waals surface area contributed by atoms with E-state index in [-0.39, 0.29) is 6.54 Å². The van der Waals surface area contributed by atoms with E-state index in [2.05, 4.69) is 8.92 Å².